The van der Waals surface area contributed by atoms with E-state index in [9.17, 15) is 5.21 Å². The van der Waals surface area contributed by atoms with Crippen LogP contribution in [0.1, 0.15) is 0 Å². The molecule has 66 valence electrons. The zero-order valence-electron chi connectivity index (χ0n) is 6.85. The van der Waals surface area contributed by atoms with E-state index in [4.69, 9.17) is 10.5 Å². The van der Waals surface area contributed by atoms with E-state index in [1.807, 2.05) is 0 Å². The third-order valence-corrected chi connectivity index (χ3v) is 1.35. The lowest BCUT2D eigenvalue weighted by atomic mass is 10.6. The summed E-state index contributed by atoms with van der Waals surface area (Å²) in [4.78, 5) is 7.46. The molecule has 3 N–H and O–H groups in total. The quantitative estimate of drug-likeness (QED) is 0.542. The van der Waals surface area contributed by atoms with E-state index in [1.165, 1.54) is 20.2 Å². The molecule has 6 heteroatoms. The van der Waals surface area contributed by atoms with Crippen molar-refractivity contribution in [1.29, 1.82) is 0 Å². The molecule has 0 aliphatic carbocycles. The molecule has 1 rings (SSSR count). The first kappa shape index (κ1) is 8.38. The van der Waals surface area contributed by atoms with Crippen LogP contribution < -0.4 is 16.0 Å². The van der Waals surface area contributed by atoms with Crippen molar-refractivity contribution in [2.75, 3.05) is 19.9 Å². The number of nitrogen functional groups attached to an aromatic ring is 1. The van der Waals surface area contributed by atoms with Crippen LogP contribution in [0.5, 0.6) is 5.88 Å². The van der Waals surface area contributed by atoms with Crippen LogP contribution in [0, 0.1) is 0 Å². The van der Waals surface area contributed by atoms with Crippen LogP contribution in [-0.2, 0) is 0 Å². The maximum absolute atomic E-state index is 9.20. The number of nitrogens with two attached hydrogens (primary N) is 1. The number of methoxy groups -OCH3 is 1. The highest BCUT2D eigenvalue weighted by Gasteiger charge is 2.01. The second kappa shape index (κ2) is 3.12. The van der Waals surface area contributed by atoms with E-state index in [0.717, 1.165) is 0 Å². The van der Waals surface area contributed by atoms with Crippen LogP contribution in [0.2, 0.25) is 0 Å². The summed E-state index contributed by atoms with van der Waals surface area (Å²) in [6, 6.07) is 1.47. The molecule has 1 heterocycles. The maximum Gasteiger partial charge on any atom is 0.239 e. The molecule has 0 aromatic carbocycles. The van der Waals surface area contributed by atoms with Gasteiger partial charge in [-0.1, -0.05) is 0 Å². The fourth-order valence-electron chi connectivity index (χ4n) is 0.745. The highest BCUT2D eigenvalue weighted by atomic mass is 16.5. The summed E-state index contributed by atoms with van der Waals surface area (Å²) in [7, 11) is 2.99. The first-order valence-electron chi connectivity index (χ1n) is 3.24. The molecule has 0 atom stereocenters. The van der Waals surface area contributed by atoms with Gasteiger partial charge in [0.05, 0.1) is 7.11 Å². The van der Waals surface area contributed by atoms with E-state index in [0.29, 0.717) is 16.1 Å². The van der Waals surface area contributed by atoms with E-state index in [-0.39, 0.29) is 5.95 Å². The van der Waals surface area contributed by atoms with Gasteiger partial charge in [0.2, 0.25) is 11.8 Å². The Morgan fingerprint density at radius 3 is 2.92 bits per heavy atom. The molecule has 0 unspecified atom stereocenters. The Hall–Kier alpha value is -1.72. The Morgan fingerprint density at radius 1 is 1.75 bits per heavy atom. The normalized spacial score (nSPS) is 11.7. The zero-order chi connectivity index (χ0) is 9.14. The summed E-state index contributed by atoms with van der Waals surface area (Å²) in [5.74, 6) is 0.258. The number of hydrogen-bond donors (Lipinski definition) is 2. The number of ether oxygens (including phenoxy) is 1. The Morgan fingerprint density at radius 2 is 2.42 bits per heavy atom. The van der Waals surface area contributed by atoms with Crippen LogP contribution in [0.3, 0.4) is 0 Å². The van der Waals surface area contributed by atoms with Gasteiger partial charge in [-0.15, -0.1) is 4.73 Å². The van der Waals surface area contributed by atoms with Crippen LogP contribution in [-0.4, -0.2) is 29.1 Å². The Balaban J connectivity index is 3.40. The van der Waals surface area contributed by atoms with Gasteiger partial charge in [-0.2, -0.15) is 4.98 Å². The van der Waals surface area contributed by atoms with Crippen molar-refractivity contribution in [3.63, 3.8) is 0 Å². The maximum atomic E-state index is 9.20. The van der Waals surface area contributed by atoms with Gasteiger partial charge < -0.3 is 15.7 Å². The summed E-state index contributed by atoms with van der Waals surface area (Å²) < 4.78 is 5.50. The predicted molar refractivity (Wildman–Crippen MR) is 41.9 cm³/mol. The van der Waals surface area contributed by atoms with Gasteiger partial charge in [0.25, 0.3) is 0 Å². The summed E-state index contributed by atoms with van der Waals surface area (Å²) in [6.45, 7) is 0. The molecule has 1 aromatic rings. The smallest absolute Gasteiger partial charge is 0.239 e. The van der Waals surface area contributed by atoms with Crippen molar-refractivity contribution in [3.8, 4) is 5.88 Å². The molecule has 0 spiro atoms. The van der Waals surface area contributed by atoms with E-state index in [2.05, 4.69) is 9.98 Å². The minimum absolute atomic E-state index is 0.0602. The van der Waals surface area contributed by atoms with Gasteiger partial charge >= 0.3 is 0 Å². The van der Waals surface area contributed by atoms with E-state index in [1.54, 1.807) is 0 Å². The number of hydrogen-bond acceptors (Lipinski definition) is 5. The monoisotopic (exact) mass is 170 g/mol. The summed E-state index contributed by atoms with van der Waals surface area (Å²) in [5, 5.41) is 9.20. The summed E-state index contributed by atoms with van der Waals surface area (Å²) in [6.07, 6.45) is 0. The van der Waals surface area contributed by atoms with Crippen molar-refractivity contribution in [3.05, 3.63) is 11.6 Å². The van der Waals surface area contributed by atoms with E-state index < -0.39 is 0 Å². The molecule has 6 nitrogen and oxygen atoms in total. The average molecular weight is 170 g/mol. The first-order valence-corrected chi connectivity index (χ1v) is 3.24. The van der Waals surface area contributed by atoms with Crippen molar-refractivity contribution < 1.29 is 9.94 Å². The molecule has 0 aliphatic rings. The molecule has 0 radical (unpaired) electrons. The van der Waals surface area contributed by atoms with Crippen molar-refractivity contribution in [1.82, 2.24) is 9.71 Å². The molecule has 0 saturated carbocycles. The molecule has 0 amide bonds. The molecule has 1 aromatic heterocycles. The second-order valence-electron chi connectivity index (χ2n) is 2.05. The highest BCUT2D eigenvalue weighted by Crippen LogP contribution is 2.02. The molecule has 12 heavy (non-hydrogen) atoms. The fraction of sp³-hybridized carbons (Fsp3) is 0.333. The highest BCUT2D eigenvalue weighted by molar-refractivity contribution is 5.21. The number of rotatable bonds is 1. The van der Waals surface area contributed by atoms with Crippen molar-refractivity contribution in [2.24, 2.45) is 4.99 Å². The van der Waals surface area contributed by atoms with Gasteiger partial charge in [0, 0.05) is 13.1 Å². The predicted octanol–water partition coefficient (Wildman–Crippen LogP) is -0.758. The van der Waals surface area contributed by atoms with Gasteiger partial charge in [-0.3, -0.25) is 4.99 Å². The second-order valence-corrected chi connectivity index (χ2v) is 2.05. The molecular weight excluding hydrogens is 160 g/mol. The molecule has 0 saturated heterocycles. The Kier molecular flexibility index (Phi) is 2.18. The molecular formula is C6H10N4O2. The zero-order valence-corrected chi connectivity index (χ0v) is 6.85. The van der Waals surface area contributed by atoms with Gasteiger partial charge in [-0.25, -0.2) is 0 Å². The van der Waals surface area contributed by atoms with Crippen LogP contribution in [0.15, 0.2) is 11.1 Å². The number of anilines is 1. The SMILES string of the molecule is CN=c1cc(OC)nc(N)n1O. The molecule has 0 aliphatic heterocycles. The van der Waals surface area contributed by atoms with Gasteiger partial charge in [0.15, 0.2) is 5.49 Å². The van der Waals surface area contributed by atoms with Crippen molar-refractivity contribution in [2.45, 2.75) is 0 Å². The minimum atomic E-state index is -0.0602. The average Bonchev–Trinajstić information content (AvgIpc) is 2.09. The number of nitrogens with zero attached hydrogens (tertiary/aromatic N) is 3. The van der Waals surface area contributed by atoms with Gasteiger partial charge in [-0.05, 0) is 0 Å². The van der Waals surface area contributed by atoms with Gasteiger partial charge in [0.1, 0.15) is 0 Å². The van der Waals surface area contributed by atoms with Crippen LogP contribution in [0.4, 0.5) is 5.95 Å². The number of aromatic nitrogens is 2. The summed E-state index contributed by atoms with van der Waals surface area (Å²) >= 11 is 0. The Bertz CT molecular complexity index is 344. The lowest BCUT2D eigenvalue weighted by Crippen LogP contribution is -2.22. The molecule has 0 bridgehead atoms. The lowest BCUT2D eigenvalue weighted by molar-refractivity contribution is 0.173. The largest absolute Gasteiger partial charge is 0.481 e. The van der Waals surface area contributed by atoms with Crippen LogP contribution >= 0.6 is 0 Å². The Labute approximate surface area is 68.9 Å². The lowest BCUT2D eigenvalue weighted by Gasteiger charge is -2.03. The van der Waals surface area contributed by atoms with Crippen molar-refractivity contribution >= 4 is 5.95 Å². The minimum Gasteiger partial charge on any atom is -0.481 e. The third-order valence-electron chi connectivity index (χ3n) is 1.35. The standard InChI is InChI=1S/C6H10N4O2/c1-8-4-3-5(12-2)9-6(7)10(4)11/h3,11H,1-2H3,(H2,7,9). The van der Waals surface area contributed by atoms with Crippen LogP contribution in [0.25, 0.3) is 0 Å². The first-order chi connectivity index (χ1) is 5.69. The van der Waals surface area contributed by atoms with E-state index >= 15 is 0 Å². The summed E-state index contributed by atoms with van der Waals surface area (Å²) in [5.41, 5.74) is 5.63. The fourth-order valence-corrected chi connectivity index (χ4v) is 0.745. The molecule has 0 fully saturated rings. The third kappa shape index (κ3) is 1.31. The topological polar surface area (TPSA) is 85.7 Å².